The van der Waals surface area contributed by atoms with E-state index in [9.17, 15) is 4.79 Å². The van der Waals surface area contributed by atoms with Crippen molar-refractivity contribution >= 4 is 17.5 Å². The van der Waals surface area contributed by atoms with E-state index in [1.54, 1.807) is 35.9 Å². The molecule has 0 bridgehead atoms. The molecule has 1 aliphatic carbocycles. The van der Waals surface area contributed by atoms with E-state index in [1.165, 1.54) is 12.8 Å². The summed E-state index contributed by atoms with van der Waals surface area (Å²) in [5.41, 5.74) is 1.13. The van der Waals surface area contributed by atoms with Gasteiger partial charge in [-0.05, 0) is 56.0 Å². The van der Waals surface area contributed by atoms with Crippen LogP contribution in [-0.2, 0) is 0 Å². The second kappa shape index (κ2) is 7.03. The summed E-state index contributed by atoms with van der Waals surface area (Å²) in [4.78, 5) is 12.6. The Bertz CT molecular complexity index is 931. The first-order chi connectivity index (χ1) is 12.7. The van der Waals surface area contributed by atoms with Crippen LogP contribution in [0.3, 0.4) is 0 Å². The van der Waals surface area contributed by atoms with Gasteiger partial charge in [-0.2, -0.15) is 0 Å². The van der Waals surface area contributed by atoms with Crippen LogP contribution in [-0.4, -0.2) is 33.7 Å². The maximum atomic E-state index is 12.6. The van der Waals surface area contributed by atoms with Crippen LogP contribution in [0.4, 0.5) is 5.95 Å². The molecule has 1 aliphatic rings. The molecule has 3 aromatic rings. The Morgan fingerprint density at radius 3 is 2.81 bits per heavy atom. The number of pyridine rings is 1. The summed E-state index contributed by atoms with van der Waals surface area (Å²) in [5.74, 6) is 1.31. The van der Waals surface area contributed by atoms with Gasteiger partial charge in [0, 0.05) is 11.8 Å². The van der Waals surface area contributed by atoms with Crippen molar-refractivity contribution in [3.05, 3.63) is 48.2 Å². The Morgan fingerprint density at radius 2 is 2.00 bits per heavy atom. The third-order valence-electron chi connectivity index (χ3n) is 4.56. The molecule has 2 aromatic heterocycles. The molecule has 0 radical (unpaired) electrons. The van der Waals surface area contributed by atoms with E-state index >= 15 is 0 Å². The molecule has 1 amide bonds. The zero-order valence-corrected chi connectivity index (χ0v) is 14.5. The predicted octanol–water partition coefficient (Wildman–Crippen LogP) is 3.31. The van der Waals surface area contributed by atoms with Crippen molar-refractivity contribution in [3.63, 3.8) is 0 Å². The third-order valence-corrected chi connectivity index (χ3v) is 4.56. The van der Waals surface area contributed by atoms with Crippen molar-refractivity contribution in [1.29, 1.82) is 0 Å². The van der Waals surface area contributed by atoms with Crippen LogP contribution in [0, 0.1) is 0 Å². The number of fused-ring (bicyclic) bond motifs is 1. The van der Waals surface area contributed by atoms with E-state index in [-0.39, 0.29) is 12.0 Å². The molecule has 0 atom stereocenters. The van der Waals surface area contributed by atoms with Gasteiger partial charge in [-0.3, -0.25) is 14.5 Å². The predicted molar refractivity (Wildman–Crippen MR) is 96.8 cm³/mol. The fourth-order valence-corrected chi connectivity index (χ4v) is 3.19. The van der Waals surface area contributed by atoms with Gasteiger partial charge in [-0.15, -0.1) is 10.2 Å². The van der Waals surface area contributed by atoms with Gasteiger partial charge in [0.15, 0.2) is 17.1 Å². The minimum atomic E-state index is -0.283. The lowest BCUT2D eigenvalue weighted by atomic mass is 10.2. The number of hydrogen-bond donors (Lipinski definition) is 1. The molecule has 0 aliphatic heterocycles. The van der Waals surface area contributed by atoms with Crippen molar-refractivity contribution in [2.75, 3.05) is 12.4 Å². The summed E-state index contributed by atoms with van der Waals surface area (Å²) < 4.78 is 13.1. The highest BCUT2D eigenvalue weighted by molar-refractivity contribution is 6.03. The molecule has 2 heterocycles. The molecule has 7 nitrogen and oxygen atoms in total. The number of carbonyl (C=O) groups is 1. The number of hydrogen-bond acceptors (Lipinski definition) is 5. The zero-order valence-electron chi connectivity index (χ0n) is 14.5. The monoisotopic (exact) mass is 352 g/mol. The third kappa shape index (κ3) is 3.20. The maximum absolute atomic E-state index is 12.6. The fraction of sp³-hybridized carbons (Fsp3) is 0.316. The van der Waals surface area contributed by atoms with Crippen molar-refractivity contribution in [2.45, 2.75) is 31.8 Å². The molecule has 0 unspecified atom stereocenters. The highest BCUT2D eigenvalue weighted by atomic mass is 16.5. The topological polar surface area (TPSA) is 77.8 Å². The summed E-state index contributed by atoms with van der Waals surface area (Å²) in [6.45, 7) is 0. The number of nitrogens with zero attached hydrogens (tertiary/aromatic N) is 3. The van der Waals surface area contributed by atoms with Crippen LogP contribution in [0.1, 0.15) is 36.0 Å². The largest absolute Gasteiger partial charge is 0.493 e. The summed E-state index contributed by atoms with van der Waals surface area (Å²) in [5, 5.41) is 10.8. The molecule has 26 heavy (non-hydrogen) atoms. The molecule has 0 saturated heterocycles. The van der Waals surface area contributed by atoms with Gasteiger partial charge < -0.3 is 9.47 Å². The fourth-order valence-electron chi connectivity index (χ4n) is 3.19. The van der Waals surface area contributed by atoms with E-state index in [0.717, 1.165) is 12.8 Å². The van der Waals surface area contributed by atoms with Crippen molar-refractivity contribution in [3.8, 4) is 11.5 Å². The van der Waals surface area contributed by atoms with E-state index in [4.69, 9.17) is 9.47 Å². The van der Waals surface area contributed by atoms with E-state index in [0.29, 0.717) is 28.7 Å². The Kier molecular flexibility index (Phi) is 4.43. The summed E-state index contributed by atoms with van der Waals surface area (Å²) >= 11 is 0. The molecular formula is C19H20N4O3. The zero-order chi connectivity index (χ0) is 17.9. The normalized spacial score (nSPS) is 14.5. The van der Waals surface area contributed by atoms with Crippen molar-refractivity contribution in [2.24, 2.45) is 0 Å². The van der Waals surface area contributed by atoms with Gasteiger partial charge in [0.05, 0.1) is 13.2 Å². The van der Waals surface area contributed by atoms with Crippen LogP contribution in [0.25, 0.3) is 5.65 Å². The molecule has 1 saturated carbocycles. The van der Waals surface area contributed by atoms with Crippen LogP contribution < -0.4 is 14.8 Å². The van der Waals surface area contributed by atoms with Gasteiger partial charge in [0.25, 0.3) is 5.91 Å². The SMILES string of the molecule is COc1cc(C(=O)Nc2nnc3ccccn23)ccc1OC1CCCC1. The number of anilines is 1. The molecule has 0 spiro atoms. The minimum absolute atomic E-state index is 0.228. The summed E-state index contributed by atoms with van der Waals surface area (Å²) in [7, 11) is 1.57. The lowest BCUT2D eigenvalue weighted by Crippen LogP contribution is -2.15. The average molecular weight is 352 g/mol. The maximum Gasteiger partial charge on any atom is 0.258 e. The van der Waals surface area contributed by atoms with Gasteiger partial charge in [-0.25, -0.2) is 0 Å². The number of aromatic nitrogens is 3. The summed E-state index contributed by atoms with van der Waals surface area (Å²) in [6.07, 6.45) is 6.53. The number of ether oxygens (including phenoxy) is 2. The van der Waals surface area contributed by atoms with Crippen molar-refractivity contribution < 1.29 is 14.3 Å². The standard InChI is InChI=1S/C19H20N4O3/c1-25-16-12-13(9-10-15(16)26-14-6-2-3-7-14)18(24)20-19-22-21-17-8-4-5-11-23(17)19/h4-5,8-12,14H,2-3,6-7H2,1H3,(H,20,22,24). The van der Waals surface area contributed by atoms with Gasteiger partial charge in [-0.1, -0.05) is 6.07 Å². The van der Waals surface area contributed by atoms with E-state index in [2.05, 4.69) is 15.5 Å². The molecule has 1 aromatic carbocycles. The van der Waals surface area contributed by atoms with Crippen LogP contribution in [0.15, 0.2) is 42.6 Å². The molecule has 134 valence electrons. The first-order valence-corrected chi connectivity index (χ1v) is 8.70. The molecule has 7 heteroatoms. The van der Waals surface area contributed by atoms with E-state index < -0.39 is 0 Å². The van der Waals surface area contributed by atoms with Crippen LogP contribution in [0.5, 0.6) is 11.5 Å². The number of methoxy groups -OCH3 is 1. The molecule has 4 rings (SSSR count). The highest BCUT2D eigenvalue weighted by Crippen LogP contribution is 2.32. The summed E-state index contributed by atoms with van der Waals surface area (Å²) in [6, 6.07) is 10.7. The quantitative estimate of drug-likeness (QED) is 0.762. The van der Waals surface area contributed by atoms with Crippen LogP contribution >= 0.6 is 0 Å². The Labute approximate surface area is 151 Å². The Hall–Kier alpha value is -3.09. The number of rotatable bonds is 5. The highest BCUT2D eigenvalue weighted by Gasteiger charge is 2.19. The Balaban J connectivity index is 1.53. The second-order valence-electron chi connectivity index (χ2n) is 6.30. The minimum Gasteiger partial charge on any atom is -0.493 e. The van der Waals surface area contributed by atoms with Gasteiger partial charge in [0.1, 0.15) is 0 Å². The first-order valence-electron chi connectivity index (χ1n) is 8.70. The van der Waals surface area contributed by atoms with Gasteiger partial charge in [0.2, 0.25) is 5.95 Å². The second-order valence-corrected chi connectivity index (χ2v) is 6.30. The van der Waals surface area contributed by atoms with Gasteiger partial charge >= 0.3 is 0 Å². The first kappa shape index (κ1) is 16.4. The number of benzene rings is 1. The molecule has 1 N–H and O–H groups in total. The Morgan fingerprint density at radius 1 is 1.15 bits per heavy atom. The number of carbonyl (C=O) groups excluding carboxylic acids is 1. The average Bonchev–Trinajstić information content (AvgIpc) is 3.32. The van der Waals surface area contributed by atoms with Crippen molar-refractivity contribution in [1.82, 2.24) is 14.6 Å². The molecule has 1 fully saturated rings. The smallest absolute Gasteiger partial charge is 0.258 e. The number of nitrogens with one attached hydrogen (secondary N) is 1. The van der Waals surface area contributed by atoms with E-state index in [1.807, 2.05) is 18.2 Å². The lowest BCUT2D eigenvalue weighted by molar-refractivity contribution is 0.102. The molecular weight excluding hydrogens is 332 g/mol. The lowest BCUT2D eigenvalue weighted by Gasteiger charge is -2.16. The number of amides is 1. The van der Waals surface area contributed by atoms with Crippen LogP contribution in [0.2, 0.25) is 0 Å².